The third kappa shape index (κ3) is 3.75. The van der Waals surface area contributed by atoms with Crippen LogP contribution < -0.4 is 21.5 Å². The number of aromatic nitrogens is 5. The number of nitrogens with one attached hydrogen (secondary N) is 1. The van der Waals surface area contributed by atoms with E-state index < -0.39 is 0 Å². The van der Waals surface area contributed by atoms with Crippen LogP contribution in [0.2, 0.25) is 0 Å². The quantitative estimate of drug-likeness (QED) is 0.704. The summed E-state index contributed by atoms with van der Waals surface area (Å²) in [6, 6.07) is 9.26. The highest BCUT2D eigenvalue weighted by Crippen LogP contribution is 2.22. The maximum Gasteiger partial charge on any atom is 0.332 e. The lowest BCUT2D eigenvalue weighted by Crippen LogP contribution is -2.40. The summed E-state index contributed by atoms with van der Waals surface area (Å²) < 4.78 is 2.62. The highest BCUT2D eigenvalue weighted by atomic mass is 16.2. The fourth-order valence-electron chi connectivity index (χ4n) is 3.61. The number of anilines is 2. The maximum absolute atomic E-state index is 12.2. The fourth-order valence-corrected chi connectivity index (χ4v) is 3.61. The van der Waals surface area contributed by atoms with Gasteiger partial charge in [0.25, 0.3) is 5.56 Å². The Kier molecular flexibility index (Phi) is 4.87. The SMILES string of the molecule is Cc1nc(N[C@H]2CCN(c3cc(=O)n(C)c(=O)n3C)C2)cc(-c2ccccn2)n1. The van der Waals surface area contributed by atoms with Crippen molar-refractivity contribution in [2.75, 3.05) is 23.3 Å². The van der Waals surface area contributed by atoms with Gasteiger partial charge < -0.3 is 10.2 Å². The van der Waals surface area contributed by atoms with E-state index in [1.807, 2.05) is 36.1 Å². The molecule has 9 heteroatoms. The van der Waals surface area contributed by atoms with Crippen LogP contribution in [0.1, 0.15) is 12.2 Å². The molecule has 0 bridgehead atoms. The van der Waals surface area contributed by atoms with Crippen molar-refractivity contribution in [3.05, 3.63) is 63.2 Å². The molecule has 1 N–H and O–H groups in total. The van der Waals surface area contributed by atoms with Crippen molar-refractivity contribution in [1.29, 1.82) is 0 Å². The van der Waals surface area contributed by atoms with Gasteiger partial charge in [0.1, 0.15) is 17.5 Å². The van der Waals surface area contributed by atoms with Gasteiger partial charge in [-0.05, 0) is 25.5 Å². The van der Waals surface area contributed by atoms with Gasteiger partial charge >= 0.3 is 5.69 Å². The Morgan fingerprint density at radius 2 is 1.90 bits per heavy atom. The average Bonchev–Trinajstić information content (AvgIpc) is 3.17. The summed E-state index contributed by atoms with van der Waals surface area (Å²) >= 11 is 0. The van der Waals surface area contributed by atoms with Crippen molar-refractivity contribution >= 4 is 11.6 Å². The zero-order chi connectivity index (χ0) is 20.5. The summed E-state index contributed by atoms with van der Waals surface area (Å²) in [5, 5.41) is 3.46. The number of hydrogen-bond acceptors (Lipinski definition) is 7. The number of hydrogen-bond donors (Lipinski definition) is 1. The highest BCUT2D eigenvalue weighted by Gasteiger charge is 2.25. The molecule has 29 heavy (non-hydrogen) atoms. The van der Waals surface area contributed by atoms with Crippen LogP contribution in [-0.4, -0.2) is 43.2 Å². The highest BCUT2D eigenvalue weighted by molar-refractivity contribution is 5.58. The van der Waals surface area contributed by atoms with Gasteiger partial charge in [-0.3, -0.25) is 18.9 Å². The van der Waals surface area contributed by atoms with Gasteiger partial charge in [0.2, 0.25) is 0 Å². The van der Waals surface area contributed by atoms with Crippen molar-refractivity contribution in [3.8, 4) is 11.4 Å². The molecule has 1 saturated heterocycles. The third-order valence-corrected chi connectivity index (χ3v) is 5.13. The Labute approximate surface area is 167 Å². The molecule has 0 radical (unpaired) electrons. The van der Waals surface area contributed by atoms with Gasteiger partial charge in [0.05, 0.1) is 11.4 Å². The first kappa shape index (κ1) is 18.9. The first-order chi connectivity index (χ1) is 13.9. The van der Waals surface area contributed by atoms with Crippen molar-refractivity contribution in [2.24, 2.45) is 14.1 Å². The van der Waals surface area contributed by atoms with Gasteiger partial charge in [-0.25, -0.2) is 14.8 Å². The van der Waals surface area contributed by atoms with Crippen LogP contribution in [0.25, 0.3) is 11.4 Å². The lowest BCUT2D eigenvalue weighted by molar-refractivity contribution is 0.672. The van der Waals surface area contributed by atoms with E-state index in [9.17, 15) is 9.59 Å². The van der Waals surface area contributed by atoms with E-state index in [2.05, 4.69) is 20.3 Å². The first-order valence-corrected chi connectivity index (χ1v) is 9.48. The monoisotopic (exact) mass is 393 g/mol. The van der Waals surface area contributed by atoms with Crippen molar-refractivity contribution < 1.29 is 0 Å². The molecule has 1 atom stereocenters. The number of pyridine rings is 1. The Balaban J connectivity index is 1.54. The van der Waals surface area contributed by atoms with Gasteiger partial charge in [-0.2, -0.15) is 0 Å². The Morgan fingerprint density at radius 1 is 1.07 bits per heavy atom. The molecule has 0 spiro atoms. The van der Waals surface area contributed by atoms with E-state index in [4.69, 9.17) is 0 Å². The van der Waals surface area contributed by atoms with E-state index in [0.29, 0.717) is 18.2 Å². The maximum atomic E-state index is 12.2. The van der Waals surface area contributed by atoms with Crippen LogP contribution in [0.3, 0.4) is 0 Å². The predicted molar refractivity (Wildman–Crippen MR) is 111 cm³/mol. The molecular weight excluding hydrogens is 370 g/mol. The van der Waals surface area contributed by atoms with Gasteiger partial charge in [0.15, 0.2) is 0 Å². The van der Waals surface area contributed by atoms with E-state index in [1.165, 1.54) is 17.7 Å². The molecule has 1 aliphatic rings. The van der Waals surface area contributed by atoms with Crippen molar-refractivity contribution in [2.45, 2.75) is 19.4 Å². The zero-order valence-electron chi connectivity index (χ0n) is 16.7. The third-order valence-electron chi connectivity index (χ3n) is 5.13. The lowest BCUT2D eigenvalue weighted by atomic mass is 10.2. The van der Waals surface area contributed by atoms with Crippen molar-refractivity contribution in [3.63, 3.8) is 0 Å². The Morgan fingerprint density at radius 3 is 2.66 bits per heavy atom. The van der Waals surface area contributed by atoms with Gasteiger partial charge in [-0.15, -0.1) is 0 Å². The minimum absolute atomic E-state index is 0.139. The molecule has 0 aromatic carbocycles. The molecule has 0 saturated carbocycles. The molecule has 4 rings (SSSR count). The largest absolute Gasteiger partial charge is 0.365 e. The average molecular weight is 393 g/mol. The number of rotatable bonds is 4. The molecule has 0 aliphatic carbocycles. The summed E-state index contributed by atoms with van der Waals surface area (Å²) in [6.45, 7) is 3.27. The summed E-state index contributed by atoms with van der Waals surface area (Å²) in [7, 11) is 3.17. The Hall–Kier alpha value is -3.49. The molecule has 3 aromatic rings. The molecule has 150 valence electrons. The van der Waals surface area contributed by atoms with E-state index >= 15 is 0 Å². The molecule has 3 aromatic heterocycles. The van der Waals surface area contributed by atoms with E-state index in [-0.39, 0.29) is 17.3 Å². The number of aryl methyl sites for hydroxylation is 1. The number of nitrogens with zero attached hydrogens (tertiary/aromatic N) is 6. The van der Waals surface area contributed by atoms with Crippen molar-refractivity contribution in [1.82, 2.24) is 24.1 Å². The fraction of sp³-hybridized carbons (Fsp3) is 0.350. The molecule has 0 unspecified atom stereocenters. The van der Waals surface area contributed by atoms with Gasteiger partial charge in [0, 0.05) is 51.6 Å². The summed E-state index contributed by atoms with van der Waals surface area (Å²) in [5.41, 5.74) is 0.940. The molecular formula is C20H23N7O2. The normalized spacial score (nSPS) is 16.2. The van der Waals surface area contributed by atoms with Gasteiger partial charge in [-0.1, -0.05) is 6.07 Å². The molecule has 0 amide bonds. The van der Waals surface area contributed by atoms with Crippen LogP contribution in [0, 0.1) is 6.92 Å². The lowest BCUT2D eigenvalue weighted by Gasteiger charge is -2.22. The second-order valence-electron chi connectivity index (χ2n) is 7.22. The smallest absolute Gasteiger partial charge is 0.332 e. The topological polar surface area (TPSA) is 97.9 Å². The zero-order valence-corrected chi connectivity index (χ0v) is 16.7. The van der Waals surface area contributed by atoms with Crippen LogP contribution in [-0.2, 0) is 14.1 Å². The van der Waals surface area contributed by atoms with Crippen LogP contribution in [0.15, 0.2) is 46.1 Å². The van der Waals surface area contributed by atoms with E-state index in [0.717, 1.165) is 34.7 Å². The summed E-state index contributed by atoms with van der Waals surface area (Å²) in [5.74, 6) is 2.04. The first-order valence-electron chi connectivity index (χ1n) is 9.48. The second kappa shape index (κ2) is 7.50. The minimum Gasteiger partial charge on any atom is -0.365 e. The summed E-state index contributed by atoms with van der Waals surface area (Å²) in [4.78, 5) is 39.6. The van der Waals surface area contributed by atoms with E-state index in [1.54, 1.807) is 13.2 Å². The standard InChI is InChI=1S/C20H23N7O2/c1-13-22-16(15-6-4-5-8-21-15)10-17(23-13)24-14-7-9-27(12-14)18-11-19(28)26(3)20(29)25(18)2/h4-6,8,10-11,14H,7,9,12H2,1-3H3,(H,22,23,24)/t14-/m0/s1. The van der Waals surface area contributed by atoms with Crippen LogP contribution >= 0.6 is 0 Å². The Bertz CT molecular complexity index is 1150. The predicted octanol–water partition coefficient (Wildman–Crippen LogP) is 0.935. The molecule has 9 nitrogen and oxygen atoms in total. The van der Waals surface area contributed by atoms with Crippen LogP contribution in [0.4, 0.5) is 11.6 Å². The molecule has 1 aliphatic heterocycles. The second-order valence-corrected chi connectivity index (χ2v) is 7.22. The molecule has 1 fully saturated rings. The summed E-state index contributed by atoms with van der Waals surface area (Å²) in [6.07, 6.45) is 2.61. The molecule has 4 heterocycles. The minimum atomic E-state index is -0.324. The van der Waals surface area contributed by atoms with Crippen LogP contribution in [0.5, 0.6) is 0 Å².